The number of amides is 1. The lowest BCUT2D eigenvalue weighted by Crippen LogP contribution is -2.21. The number of benzene rings is 3. The minimum Gasteiger partial charge on any atom is -0.457 e. The molecule has 6 heteroatoms. The Labute approximate surface area is 197 Å². The van der Waals surface area contributed by atoms with Crippen LogP contribution >= 0.6 is 0 Å². The number of nitrogens with zero attached hydrogens (tertiary/aromatic N) is 2. The van der Waals surface area contributed by atoms with Gasteiger partial charge >= 0.3 is 0 Å². The number of carbonyl (C=O) groups excluding carboxylic acids is 1. The average Bonchev–Trinajstić information content (AvgIpc) is 3.28. The van der Waals surface area contributed by atoms with E-state index in [1.54, 1.807) is 19.0 Å². The molecule has 2 heterocycles. The van der Waals surface area contributed by atoms with Crippen molar-refractivity contribution in [3.8, 4) is 22.8 Å². The van der Waals surface area contributed by atoms with Gasteiger partial charge < -0.3 is 19.9 Å². The third kappa shape index (κ3) is 4.61. The summed E-state index contributed by atoms with van der Waals surface area (Å²) in [5.74, 6) is 2.25. The summed E-state index contributed by atoms with van der Waals surface area (Å²) >= 11 is 0. The number of aromatic nitrogens is 2. The van der Waals surface area contributed by atoms with E-state index in [1.807, 2.05) is 91.1 Å². The number of hydrogen-bond donors (Lipinski definition) is 2. The molecule has 2 N–H and O–H groups in total. The second kappa shape index (κ2) is 9.11. The zero-order valence-electron chi connectivity index (χ0n) is 18.9. The summed E-state index contributed by atoms with van der Waals surface area (Å²) in [6, 6.07) is 29.1. The maximum Gasteiger partial charge on any atom is 0.253 e. The van der Waals surface area contributed by atoms with E-state index in [9.17, 15) is 4.79 Å². The van der Waals surface area contributed by atoms with Crippen LogP contribution in [0, 0.1) is 0 Å². The molecule has 0 atom stereocenters. The summed E-state index contributed by atoms with van der Waals surface area (Å²) < 4.78 is 5.93. The van der Waals surface area contributed by atoms with E-state index in [0.717, 1.165) is 45.2 Å². The Kier molecular flexibility index (Phi) is 5.70. The van der Waals surface area contributed by atoms with Gasteiger partial charge in [0.25, 0.3) is 5.91 Å². The van der Waals surface area contributed by atoms with Gasteiger partial charge in [0.05, 0.1) is 5.52 Å². The van der Waals surface area contributed by atoms with Gasteiger partial charge in [-0.3, -0.25) is 4.79 Å². The Balaban J connectivity index is 1.34. The molecular formula is C28H24N4O2. The van der Waals surface area contributed by atoms with Crippen LogP contribution in [0.25, 0.3) is 22.2 Å². The Morgan fingerprint density at radius 1 is 0.882 bits per heavy atom. The fraction of sp³-hybridized carbons (Fsp3) is 0.0714. The zero-order chi connectivity index (χ0) is 23.5. The summed E-state index contributed by atoms with van der Waals surface area (Å²) in [7, 11) is 3.50. The molecule has 5 rings (SSSR count). The van der Waals surface area contributed by atoms with Crippen molar-refractivity contribution < 1.29 is 9.53 Å². The molecular weight excluding hydrogens is 424 g/mol. The molecule has 0 aliphatic heterocycles. The van der Waals surface area contributed by atoms with Gasteiger partial charge in [-0.15, -0.1) is 0 Å². The number of anilines is 2. The second-order valence-electron chi connectivity index (χ2n) is 8.18. The van der Waals surface area contributed by atoms with Crippen LogP contribution in [0.5, 0.6) is 11.5 Å². The van der Waals surface area contributed by atoms with E-state index in [4.69, 9.17) is 4.74 Å². The molecule has 34 heavy (non-hydrogen) atoms. The lowest BCUT2D eigenvalue weighted by atomic mass is 10.1. The molecule has 5 aromatic rings. The van der Waals surface area contributed by atoms with Crippen molar-refractivity contribution in [1.29, 1.82) is 0 Å². The van der Waals surface area contributed by atoms with E-state index >= 15 is 0 Å². The summed E-state index contributed by atoms with van der Waals surface area (Å²) in [5, 5.41) is 4.36. The molecule has 0 fully saturated rings. The zero-order valence-corrected chi connectivity index (χ0v) is 18.9. The second-order valence-corrected chi connectivity index (χ2v) is 8.18. The standard InChI is InChI=1S/C28H24N4O2/c1-32(2)28(33)20-13-11-19(12-14-20)25-15-21-18-29-27(17-26(21)31-25)30-22-7-6-10-24(16-22)34-23-8-4-3-5-9-23/h3-18,31H,1-2H3,(H,29,30). The molecule has 168 valence electrons. The largest absolute Gasteiger partial charge is 0.457 e. The number of fused-ring (bicyclic) bond motifs is 1. The Morgan fingerprint density at radius 2 is 1.65 bits per heavy atom. The van der Waals surface area contributed by atoms with Gasteiger partial charge in [0.1, 0.15) is 17.3 Å². The molecule has 3 aromatic carbocycles. The van der Waals surface area contributed by atoms with Crippen LogP contribution in [0.2, 0.25) is 0 Å². The number of para-hydroxylation sites is 1. The Bertz CT molecular complexity index is 1440. The van der Waals surface area contributed by atoms with Gasteiger partial charge in [0, 0.05) is 54.8 Å². The highest BCUT2D eigenvalue weighted by atomic mass is 16.5. The van der Waals surface area contributed by atoms with Gasteiger partial charge in [-0.2, -0.15) is 0 Å². The van der Waals surface area contributed by atoms with Gasteiger partial charge in [-0.25, -0.2) is 4.98 Å². The summed E-state index contributed by atoms with van der Waals surface area (Å²) in [6.45, 7) is 0. The summed E-state index contributed by atoms with van der Waals surface area (Å²) in [5.41, 5.74) is 4.49. The van der Waals surface area contributed by atoms with Crippen molar-refractivity contribution in [2.75, 3.05) is 19.4 Å². The molecule has 0 spiro atoms. The normalized spacial score (nSPS) is 10.8. The number of carbonyl (C=O) groups is 1. The monoisotopic (exact) mass is 448 g/mol. The van der Waals surface area contributed by atoms with Crippen molar-refractivity contribution in [2.45, 2.75) is 0 Å². The molecule has 0 aliphatic carbocycles. The van der Waals surface area contributed by atoms with Crippen molar-refractivity contribution >= 4 is 28.3 Å². The topological polar surface area (TPSA) is 70.2 Å². The lowest BCUT2D eigenvalue weighted by molar-refractivity contribution is 0.0827. The van der Waals surface area contributed by atoms with Gasteiger partial charge in [-0.05, 0) is 48.0 Å². The van der Waals surface area contributed by atoms with E-state index < -0.39 is 0 Å². The van der Waals surface area contributed by atoms with Crippen molar-refractivity contribution in [3.63, 3.8) is 0 Å². The van der Waals surface area contributed by atoms with Crippen LogP contribution in [0.15, 0.2) is 97.2 Å². The molecule has 0 saturated carbocycles. The predicted octanol–water partition coefficient (Wildman–Crippen LogP) is 6.47. The van der Waals surface area contributed by atoms with E-state index in [2.05, 4.69) is 21.4 Å². The third-order valence-corrected chi connectivity index (χ3v) is 5.44. The minimum atomic E-state index is -0.0126. The van der Waals surface area contributed by atoms with Gasteiger partial charge in [-0.1, -0.05) is 36.4 Å². The van der Waals surface area contributed by atoms with Gasteiger partial charge in [0.2, 0.25) is 0 Å². The van der Waals surface area contributed by atoms with Crippen LogP contribution in [0.4, 0.5) is 11.5 Å². The summed E-state index contributed by atoms with van der Waals surface area (Å²) in [4.78, 5) is 21.7. The average molecular weight is 449 g/mol. The first-order chi connectivity index (χ1) is 16.5. The molecule has 0 aliphatic rings. The molecule has 0 unspecified atom stereocenters. The maximum atomic E-state index is 12.1. The molecule has 1 amide bonds. The van der Waals surface area contributed by atoms with E-state index in [-0.39, 0.29) is 5.91 Å². The van der Waals surface area contributed by atoms with Crippen LogP contribution in [-0.2, 0) is 0 Å². The Morgan fingerprint density at radius 3 is 2.41 bits per heavy atom. The van der Waals surface area contributed by atoms with Gasteiger partial charge in [0.15, 0.2) is 0 Å². The highest BCUT2D eigenvalue weighted by molar-refractivity contribution is 5.94. The molecule has 2 aromatic heterocycles. The first kappa shape index (κ1) is 21.3. The van der Waals surface area contributed by atoms with Crippen LogP contribution in [0.3, 0.4) is 0 Å². The number of aromatic amines is 1. The predicted molar refractivity (Wildman–Crippen MR) is 136 cm³/mol. The first-order valence-corrected chi connectivity index (χ1v) is 11.0. The molecule has 6 nitrogen and oxygen atoms in total. The lowest BCUT2D eigenvalue weighted by Gasteiger charge is -2.10. The molecule has 0 radical (unpaired) electrons. The number of pyridine rings is 1. The van der Waals surface area contributed by atoms with Crippen LogP contribution < -0.4 is 10.1 Å². The summed E-state index contributed by atoms with van der Waals surface area (Å²) in [6.07, 6.45) is 1.84. The smallest absolute Gasteiger partial charge is 0.253 e. The van der Waals surface area contributed by atoms with Crippen LogP contribution in [-0.4, -0.2) is 34.9 Å². The third-order valence-electron chi connectivity index (χ3n) is 5.44. The Hall–Kier alpha value is -4.58. The fourth-order valence-electron chi connectivity index (χ4n) is 3.71. The van der Waals surface area contributed by atoms with Crippen molar-refractivity contribution in [2.24, 2.45) is 0 Å². The van der Waals surface area contributed by atoms with Crippen molar-refractivity contribution in [1.82, 2.24) is 14.9 Å². The number of ether oxygens (including phenoxy) is 1. The number of rotatable bonds is 6. The number of hydrogen-bond acceptors (Lipinski definition) is 4. The molecule has 0 saturated heterocycles. The fourth-order valence-corrected chi connectivity index (χ4v) is 3.71. The van der Waals surface area contributed by atoms with E-state index in [0.29, 0.717) is 5.56 Å². The van der Waals surface area contributed by atoms with Crippen LogP contribution in [0.1, 0.15) is 10.4 Å². The number of H-pyrrole nitrogens is 1. The van der Waals surface area contributed by atoms with Crippen molar-refractivity contribution in [3.05, 3.63) is 103 Å². The minimum absolute atomic E-state index is 0.0126. The highest BCUT2D eigenvalue weighted by Crippen LogP contribution is 2.28. The van der Waals surface area contributed by atoms with E-state index in [1.165, 1.54) is 0 Å². The SMILES string of the molecule is CN(C)C(=O)c1ccc(-c2cc3cnc(Nc4cccc(Oc5ccccc5)c4)cc3[nH]2)cc1. The molecule has 0 bridgehead atoms. The maximum absolute atomic E-state index is 12.1. The highest BCUT2D eigenvalue weighted by Gasteiger charge is 2.10. The number of nitrogens with one attached hydrogen (secondary N) is 2. The first-order valence-electron chi connectivity index (χ1n) is 11.0. The quantitative estimate of drug-likeness (QED) is 0.312.